The molecule has 1 unspecified atom stereocenters. The lowest BCUT2D eigenvalue weighted by atomic mass is 9.97. The van der Waals surface area contributed by atoms with Gasteiger partial charge >= 0.3 is 0 Å². The van der Waals surface area contributed by atoms with Crippen molar-refractivity contribution in [3.8, 4) is 0 Å². The molecule has 0 aliphatic heterocycles. The fourth-order valence-corrected chi connectivity index (χ4v) is 3.55. The summed E-state index contributed by atoms with van der Waals surface area (Å²) in [6.07, 6.45) is 3.10. The molecule has 0 N–H and O–H groups in total. The van der Waals surface area contributed by atoms with E-state index >= 15 is 0 Å². The summed E-state index contributed by atoms with van der Waals surface area (Å²) in [5.74, 6) is 0.627. The molecular weight excluding hydrogens is 248 g/mol. The van der Waals surface area contributed by atoms with Crippen LogP contribution in [0.2, 0.25) is 0 Å². The molecule has 1 heterocycles. The summed E-state index contributed by atoms with van der Waals surface area (Å²) >= 11 is 1.87. The highest BCUT2D eigenvalue weighted by Gasteiger charge is 2.08. The van der Waals surface area contributed by atoms with Gasteiger partial charge in [0.1, 0.15) is 0 Å². The van der Waals surface area contributed by atoms with E-state index in [1.54, 1.807) is 0 Å². The molecule has 0 radical (unpaired) electrons. The van der Waals surface area contributed by atoms with Gasteiger partial charge in [-0.15, -0.1) is 11.3 Å². The standard InChI is InChI=1S/C18H18S/c1-4-12(3)14-7-9-18-16(11-14)15-10-13(5-2)6-8-17(15)19-18/h5-12H,2,4H2,1,3H3. The number of rotatable bonds is 3. The van der Waals surface area contributed by atoms with Crippen molar-refractivity contribution in [2.45, 2.75) is 26.2 Å². The first-order chi connectivity index (χ1) is 9.22. The third kappa shape index (κ3) is 2.08. The molecule has 19 heavy (non-hydrogen) atoms. The summed E-state index contributed by atoms with van der Waals surface area (Å²) in [7, 11) is 0. The van der Waals surface area contributed by atoms with Crippen LogP contribution < -0.4 is 0 Å². The quantitative estimate of drug-likeness (QED) is 0.528. The Morgan fingerprint density at radius 2 is 1.79 bits per heavy atom. The lowest BCUT2D eigenvalue weighted by Crippen LogP contribution is -1.89. The predicted octanol–water partition coefficient (Wildman–Crippen LogP) is 6.21. The van der Waals surface area contributed by atoms with Crippen LogP contribution in [-0.2, 0) is 0 Å². The molecule has 0 saturated heterocycles. The van der Waals surface area contributed by atoms with E-state index < -0.39 is 0 Å². The fourth-order valence-electron chi connectivity index (χ4n) is 2.48. The minimum atomic E-state index is 0.627. The van der Waals surface area contributed by atoms with Gasteiger partial charge in [-0.1, -0.05) is 38.6 Å². The molecule has 0 aliphatic rings. The molecule has 0 aliphatic carbocycles. The van der Waals surface area contributed by atoms with E-state index in [1.807, 2.05) is 17.4 Å². The van der Waals surface area contributed by atoms with Crippen LogP contribution in [0.15, 0.2) is 43.0 Å². The van der Waals surface area contributed by atoms with Crippen molar-refractivity contribution < 1.29 is 0 Å². The Hall–Kier alpha value is -1.60. The molecule has 0 spiro atoms. The van der Waals surface area contributed by atoms with Gasteiger partial charge in [0.25, 0.3) is 0 Å². The second kappa shape index (κ2) is 4.82. The number of benzene rings is 2. The first kappa shape index (κ1) is 12.4. The summed E-state index contributed by atoms with van der Waals surface area (Å²) in [4.78, 5) is 0. The zero-order valence-corrected chi connectivity index (χ0v) is 12.3. The smallest absolute Gasteiger partial charge is 0.0355 e. The zero-order chi connectivity index (χ0) is 13.4. The van der Waals surface area contributed by atoms with Gasteiger partial charge in [-0.2, -0.15) is 0 Å². The van der Waals surface area contributed by atoms with E-state index in [0.29, 0.717) is 5.92 Å². The van der Waals surface area contributed by atoms with Crippen LogP contribution >= 0.6 is 11.3 Å². The summed E-state index contributed by atoms with van der Waals surface area (Å²) < 4.78 is 2.74. The molecule has 1 heteroatoms. The van der Waals surface area contributed by atoms with Crippen molar-refractivity contribution in [2.75, 3.05) is 0 Å². The molecular formula is C18H18S. The predicted molar refractivity (Wildman–Crippen MR) is 88.1 cm³/mol. The van der Waals surface area contributed by atoms with Gasteiger partial charge in [0.2, 0.25) is 0 Å². The molecule has 3 rings (SSSR count). The van der Waals surface area contributed by atoms with E-state index in [-0.39, 0.29) is 0 Å². The van der Waals surface area contributed by atoms with Crippen molar-refractivity contribution in [3.63, 3.8) is 0 Å². The number of hydrogen-bond acceptors (Lipinski definition) is 1. The Labute approximate surface area is 118 Å². The second-order valence-corrected chi connectivity index (χ2v) is 6.21. The largest absolute Gasteiger partial charge is 0.135 e. The minimum absolute atomic E-state index is 0.627. The Kier molecular flexibility index (Phi) is 3.16. The van der Waals surface area contributed by atoms with Crippen molar-refractivity contribution in [1.29, 1.82) is 0 Å². The fraction of sp³-hybridized carbons (Fsp3) is 0.222. The molecule has 3 aromatic rings. The first-order valence-corrected chi connectivity index (χ1v) is 7.63. The molecule has 0 nitrogen and oxygen atoms in total. The van der Waals surface area contributed by atoms with E-state index in [2.05, 4.69) is 56.8 Å². The molecule has 96 valence electrons. The summed E-state index contributed by atoms with van der Waals surface area (Å²) in [6.45, 7) is 8.41. The second-order valence-electron chi connectivity index (χ2n) is 5.13. The lowest BCUT2D eigenvalue weighted by molar-refractivity contribution is 0.735. The highest BCUT2D eigenvalue weighted by molar-refractivity contribution is 7.25. The SMILES string of the molecule is C=Cc1ccc2sc3ccc(C(C)CC)cc3c2c1. The van der Waals surface area contributed by atoms with Crippen LogP contribution in [0.5, 0.6) is 0 Å². The molecule has 1 atom stereocenters. The third-order valence-corrected chi connectivity index (χ3v) is 5.09. The maximum atomic E-state index is 3.86. The van der Waals surface area contributed by atoms with E-state index in [1.165, 1.54) is 37.7 Å². The summed E-state index contributed by atoms with van der Waals surface area (Å²) in [5.41, 5.74) is 2.64. The van der Waals surface area contributed by atoms with Gasteiger partial charge < -0.3 is 0 Å². The van der Waals surface area contributed by atoms with Crippen LogP contribution in [0.4, 0.5) is 0 Å². The van der Waals surface area contributed by atoms with Gasteiger partial charge in [-0.05, 0) is 47.7 Å². The zero-order valence-electron chi connectivity index (χ0n) is 11.4. The topological polar surface area (TPSA) is 0 Å². The van der Waals surface area contributed by atoms with Crippen LogP contribution in [-0.4, -0.2) is 0 Å². The lowest BCUT2D eigenvalue weighted by Gasteiger charge is -2.08. The highest BCUT2D eigenvalue weighted by Crippen LogP contribution is 2.36. The number of hydrogen-bond donors (Lipinski definition) is 0. The molecule has 0 bridgehead atoms. The average molecular weight is 266 g/mol. The Morgan fingerprint density at radius 1 is 1.11 bits per heavy atom. The third-order valence-electron chi connectivity index (χ3n) is 3.93. The maximum Gasteiger partial charge on any atom is 0.0355 e. The summed E-state index contributed by atoms with van der Waals surface area (Å²) in [5, 5.41) is 2.75. The first-order valence-electron chi connectivity index (χ1n) is 6.81. The van der Waals surface area contributed by atoms with E-state index in [0.717, 1.165) is 0 Å². The summed E-state index contributed by atoms with van der Waals surface area (Å²) in [6, 6.07) is 13.5. The van der Waals surface area contributed by atoms with E-state index in [4.69, 9.17) is 0 Å². The van der Waals surface area contributed by atoms with Gasteiger partial charge in [0, 0.05) is 20.2 Å². The van der Waals surface area contributed by atoms with Crippen LogP contribution in [0.25, 0.3) is 26.2 Å². The van der Waals surface area contributed by atoms with Crippen molar-refractivity contribution >= 4 is 37.6 Å². The maximum absolute atomic E-state index is 3.86. The van der Waals surface area contributed by atoms with Gasteiger partial charge in [0.05, 0.1) is 0 Å². The highest BCUT2D eigenvalue weighted by atomic mass is 32.1. The molecule has 0 fully saturated rings. The van der Waals surface area contributed by atoms with Gasteiger partial charge in [-0.25, -0.2) is 0 Å². The Morgan fingerprint density at radius 3 is 2.47 bits per heavy atom. The van der Waals surface area contributed by atoms with Crippen LogP contribution in [0.1, 0.15) is 37.3 Å². The van der Waals surface area contributed by atoms with Crippen LogP contribution in [0.3, 0.4) is 0 Å². The molecule has 2 aromatic carbocycles. The number of thiophene rings is 1. The minimum Gasteiger partial charge on any atom is -0.135 e. The van der Waals surface area contributed by atoms with Crippen molar-refractivity contribution in [2.24, 2.45) is 0 Å². The van der Waals surface area contributed by atoms with E-state index in [9.17, 15) is 0 Å². The van der Waals surface area contributed by atoms with Crippen LogP contribution in [0, 0.1) is 0 Å². The van der Waals surface area contributed by atoms with Crippen molar-refractivity contribution in [3.05, 3.63) is 54.1 Å². The average Bonchev–Trinajstić information content (AvgIpc) is 2.83. The van der Waals surface area contributed by atoms with Crippen molar-refractivity contribution in [1.82, 2.24) is 0 Å². The Balaban J connectivity index is 2.29. The molecule has 1 aromatic heterocycles. The normalized spacial score (nSPS) is 12.9. The molecule has 0 saturated carbocycles. The van der Waals surface area contributed by atoms with Gasteiger partial charge in [0.15, 0.2) is 0 Å². The van der Waals surface area contributed by atoms with Gasteiger partial charge in [-0.3, -0.25) is 0 Å². The monoisotopic (exact) mass is 266 g/mol. The Bertz CT molecular complexity index is 749. The molecule has 0 amide bonds. The number of fused-ring (bicyclic) bond motifs is 3.